The number of hydrogen-bond acceptors (Lipinski definition) is 5. The van der Waals surface area contributed by atoms with E-state index < -0.39 is 23.7 Å². The highest BCUT2D eigenvalue weighted by atomic mass is 16.6. The van der Waals surface area contributed by atoms with Crippen LogP contribution in [0.25, 0.3) is 0 Å². The molecule has 0 unspecified atom stereocenters. The molecule has 0 radical (unpaired) electrons. The van der Waals surface area contributed by atoms with Crippen LogP contribution in [0.3, 0.4) is 0 Å². The van der Waals surface area contributed by atoms with Crippen molar-refractivity contribution in [1.82, 2.24) is 9.80 Å². The molecule has 162 valence electrons. The molecule has 0 aliphatic rings. The van der Waals surface area contributed by atoms with Gasteiger partial charge in [-0.25, -0.2) is 4.79 Å². The second kappa shape index (κ2) is 10.8. The van der Waals surface area contributed by atoms with Gasteiger partial charge in [-0.2, -0.15) is 0 Å². The van der Waals surface area contributed by atoms with E-state index >= 15 is 0 Å². The molecule has 0 saturated heterocycles. The predicted molar refractivity (Wildman–Crippen MR) is 111 cm³/mol. The molecule has 0 N–H and O–H groups in total. The van der Waals surface area contributed by atoms with Crippen molar-refractivity contribution in [3.05, 3.63) is 35.9 Å². The van der Waals surface area contributed by atoms with Gasteiger partial charge in [0.15, 0.2) is 0 Å². The Morgan fingerprint density at radius 3 is 2.14 bits per heavy atom. The van der Waals surface area contributed by atoms with Crippen molar-refractivity contribution in [3.63, 3.8) is 0 Å². The summed E-state index contributed by atoms with van der Waals surface area (Å²) in [6.45, 7) is 9.21. The molecule has 0 saturated carbocycles. The van der Waals surface area contributed by atoms with Crippen molar-refractivity contribution in [2.24, 2.45) is 5.92 Å². The first-order chi connectivity index (χ1) is 13.4. The molecule has 1 aromatic carbocycles. The van der Waals surface area contributed by atoms with E-state index in [2.05, 4.69) is 0 Å². The lowest BCUT2D eigenvalue weighted by Crippen LogP contribution is -2.51. The van der Waals surface area contributed by atoms with E-state index in [9.17, 15) is 14.4 Å². The van der Waals surface area contributed by atoms with Gasteiger partial charge in [-0.3, -0.25) is 14.5 Å². The number of hydrogen-bond donors (Lipinski definition) is 0. The van der Waals surface area contributed by atoms with E-state index in [4.69, 9.17) is 9.47 Å². The van der Waals surface area contributed by atoms with E-state index in [-0.39, 0.29) is 25.0 Å². The Morgan fingerprint density at radius 2 is 1.62 bits per heavy atom. The fourth-order valence-corrected chi connectivity index (χ4v) is 2.64. The molecule has 0 fully saturated rings. The lowest BCUT2D eigenvalue weighted by atomic mass is 10.0. The average molecular weight is 407 g/mol. The number of ether oxygens (including phenoxy) is 2. The zero-order chi connectivity index (χ0) is 22.2. The normalized spacial score (nSPS) is 12.3. The molecule has 0 spiro atoms. The number of amides is 2. The number of esters is 1. The Balaban J connectivity index is 2.73. The Labute approximate surface area is 174 Å². The lowest BCUT2D eigenvalue weighted by molar-refractivity contribution is -0.151. The molecule has 0 bridgehead atoms. The average Bonchev–Trinajstić information content (AvgIpc) is 2.62. The molecule has 0 aliphatic heterocycles. The van der Waals surface area contributed by atoms with Crippen LogP contribution in [0, 0.1) is 5.92 Å². The summed E-state index contributed by atoms with van der Waals surface area (Å²) in [6, 6.07) is 8.60. The molecule has 0 heterocycles. The molecule has 29 heavy (non-hydrogen) atoms. The molecule has 1 atom stereocenters. The summed E-state index contributed by atoms with van der Waals surface area (Å²) in [7, 11) is 3.07. The molecular weight excluding hydrogens is 372 g/mol. The molecule has 7 heteroatoms. The summed E-state index contributed by atoms with van der Waals surface area (Å²) in [4.78, 5) is 40.1. The van der Waals surface area contributed by atoms with E-state index in [1.54, 1.807) is 27.8 Å². The van der Waals surface area contributed by atoms with Crippen molar-refractivity contribution < 1.29 is 23.9 Å². The van der Waals surface area contributed by atoms with Gasteiger partial charge >= 0.3 is 12.1 Å². The van der Waals surface area contributed by atoms with Gasteiger partial charge in [0.25, 0.3) is 0 Å². The summed E-state index contributed by atoms with van der Waals surface area (Å²) in [5.41, 5.74) is 0.210. The smallest absolute Gasteiger partial charge is 0.410 e. The van der Waals surface area contributed by atoms with Gasteiger partial charge in [-0.05, 0) is 38.7 Å². The SMILES string of the molecule is CC(C)C[C@@H](C(=O)N(C)CC(=O)OCc1ccccc1)N(C)C(=O)OC(C)(C)C. The number of carbonyl (C=O) groups excluding carboxylic acids is 3. The highest BCUT2D eigenvalue weighted by Crippen LogP contribution is 2.17. The van der Waals surface area contributed by atoms with Crippen molar-refractivity contribution in [2.45, 2.75) is 59.3 Å². The summed E-state index contributed by atoms with van der Waals surface area (Å²) < 4.78 is 10.6. The zero-order valence-electron chi connectivity index (χ0n) is 18.6. The maximum Gasteiger partial charge on any atom is 0.410 e. The summed E-state index contributed by atoms with van der Waals surface area (Å²) >= 11 is 0. The van der Waals surface area contributed by atoms with Crippen LogP contribution >= 0.6 is 0 Å². The molecule has 1 aromatic rings. The third-order valence-corrected chi connectivity index (χ3v) is 4.11. The van der Waals surface area contributed by atoms with Crippen LogP contribution in [0.4, 0.5) is 4.79 Å². The number of carbonyl (C=O) groups is 3. The molecule has 2 amide bonds. The Bertz CT molecular complexity index is 682. The summed E-state index contributed by atoms with van der Waals surface area (Å²) in [5, 5.41) is 0. The van der Waals surface area contributed by atoms with Crippen LogP contribution in [0.15, 0.2) is 30.3 Å². The maximum absolute atomic E-state index is 13.0. The van der Waals surface area contributed by atoms with Crippen LogP contribution in [-0.4, -0.2) is 60.1 Å². The van der Waals surface area contributed by atoms with Gasteiger partial charge < -0.3 is 14.4 Å². The number of likely N-dealkylation sites (N-methyl/N-ethyl adjacent to an activating group) is 2. The first kappa shape index (κ1) is 24.5. The second-order valence-electron chi connectivity index (χ2n) is 8.58. The van der Waals surface area contributed by atoms with Crippen LogP contribution in [0.2, 0.25) is 0 Å². The minimum atomic E-state index is -0.725. The van der Waals surface area contributed by atoms with E-state index in [0.29, 0.717) is 6.42 Å². The third kappa shape index (κ3) is 8.98. The number of nitrogens with zero attached hydrogens (tertiary/aromatic N) is 2. The number of benzene rings is 1. The van der Waals surface area contributed by atoms with E-state index in [1.807, 2.05) is 44.2 Å². The van der Waals surface area contributed by atoms with E-state index in [1.165, 1.54) is 16.8 Å². The van der Waals surface area contributed by atoms with Crippen molar-refractivity contribution >= 4 is 18.0 Å². The van der Waals surface area contributed by atoms with Gasteiger partial charge in [-0.15, -0.1) is 0 Å². The summed E-state index contributed by atoms with van der Waals surface area (Å²) in [5.74, 6) is -0.663. The van der Waals surface area contributed by atoms with Crippen LogP contribution in [0.5, 0.6) is 0 Å². The van der Waals surface area contributed by atoms with Crippen molar-refractivity contribution in [3.8, 4) is 0 Å². The fourth-order valence-electron chi connectivity index (χ4n) is 2.64. The van der Waals surface area contributed by atoms with Gasteiger partial charge in [0.05, 0.1) is 0 Å². The van der Waals surface area contributed by atoms with Crippen LogP contribution < -0.4 is 0 Å². The molecule has 7 nitrogen and oxygen atoms in total. The van der Waals surface area contributed by atoms with Crippen LogP contribution in [0.1, 0.15) is 46.6 Å². The van der Waals surface area contributed by atoms with Gasteiger partial charge in [-0.1, -0.05) is 44.2 Å². The fraction of sp³-hybridized carbons (Fsp3) is 0.591. The van der Waals surface area contributed by atoms with Crippen molar-refractivity contribution in [2.75, 3.05) is 20.6 Å². The number of rotatable bonds is 8. The topological polar surface area (TPSA) is 76.2 Å². The molecule has 0 aromatic heterocycles. The van der Waals surface area contributed by atoms with Crippen LogP contribution in [-0.2, 0) is 25.7 Å². The predicted octanol–water partition coefficient (Wildman–Crippen LogP) is 3.47. The highest BCUT2D eigenvalue weighted by molar-refractivity contribution is 5.88. The van der Waals surface area contributed by atoms with Crippen molar-refractivity contribution in [1.29, 1.82) is 0 Å². The molecular formula is C22H34N2O5. The third-order valence-electron chi connectivity index (χ3n) is 4.11. The second-order valence-corrected chi connectivity index (χ2v) is 8.58. The quantitative estimate of drug-likeness (QED) is 0.618. The lowest BCUT2D eigenvalue weighted by Gasteiger charge is -2.33. The highest BCUT2D eigenvalue weighted by Gasteiger charge is 2.33. The summed E-state index contributed by atoms with van der Waals surface area (Å²) in [6.07, 6.45) is -0.116. The van der Waals surface area contributed by atoms with Gasteiger partial charge in [0.1, 0.15) is 24.8 Å². The molecule has 0 aliphatic carbocycles. The minimum Gasteiger partial charge on any atom is -0.459 e. The molecule has 1 rings (SSSR count). The monoisotopic (exact) mass is 406 g/mol. The minimum absolute atomic E-state index is 0.148. The zero-order valence-corrected chi connectivity index (χ0v) is 18.6. The van der Waals surface area contributed by atoms with Gasteiger partial charge in [0.2, 0.25) is 5.91 Å². The Morgan fingerprint density at radius 1 is 1.03 bits per heavy atom. The Hall–Kier alpha value is -2.57. The first-order valence-corrected chi connectivity index (χ1v) is 9.81. The first-order valence-electron chi connectivity index (χ1n) is 9.81. The maximum atomic E-state index is 13.0. The van der Waals surface area contributed by atoms with E-state index in [0.717, 1.165) is 5.56 Å². The largest absolute Gasteiger partial charge is 0.459 e. The Kier molecular flexibility index (Phi) is 9.14. The standard InChI is InChI=1S/C22H34N2O5/c1-16(2)13-18(24(7)21(27)29-22(3,4)5)20(26)23(6)14-19(25)28-15-17-11-9-8-10-12-17/h8-12,16,18H,13-15H2,1-7H3/t18-/m0/s1. The van der Waals surface area contributed by atoms with Gasteiger partial charge in [0, 0.05) is 14.1 Å².